The molecule has 0 aliphatic rings. The van der Waals surface area contributed by atoms with Crippen LogP contribution in [0.3, 0.4) is 0 Å². The van der Waals surface area contributed by atoms with Gasteiger partial charge in [-0.2, -0.15) is 0 Å². The van der Waals surface area contributed by atoms with Crippen LogP contribution in [0.1, 0.15) is 32.6 Å². The summed E-state index contributed by atoms with van der Waals surface area (Å²) < 4.78 is 0.623. The fraction of sp³-hybridized carbons (Fsp3) is 0.750. The second-order valence-corrected chi connectivity index (χ2v) is 4.78. The van der Waals surface area contributed by atoms with E-state index in [1.807, 2.05) is 0 Å². The maximum Gasteiger partial charge on any atom is 0.201 e. The number of nitrogens with two attached hydrogens (primary N) is 1. The molecule has 0 bridgehead atoms. The Bertz CT molecular complexity index is 268. The van der Waals surface area contributed by atoms with Crippen LogP contribution >= 0.6 is 35.2 Å². The molecule has 0 amide bonds. The molecule has 0 saturated heterocycles. The van der Waals surface area contributed by atoms with Crippen LogP contribution < -0.4 is 5.73 Å². The molecule has 0 aromatic carbocycles. The zero-order valence-corrected chi connectivity index (χ0v) is 10.6. The maximum absolute atomic E-state index is 5.44. The molecular formula is C8H16ClN3S2. The van der Waals surface area contributed by atoms with Crippen molar-refractivity contribution in [3.63, 3.8) is 0 Å². The molecule has 1 aromatic rings. The summed E-state index contributed by atoms with van der Waals surface area (Å²) in [6, 6.07) is 0. The van der Waals surface area contributed by atoms with Crippen molar-refractivity contribution >= 4 is 40.3 Å². The average Bonchev–Trinajstić information content (AvgIpc) is 2.52. The Morgan fingerprint density at radius 3 is 2.50 bits per heavy atom. The highest BCUT2D eigenvalue weighted by Gasteiger charge is 1.83. The molecule has 0 spiro atoms. The van der Waals surface area contributed by atoms with E-state index in [0.29, 0.717) is 9.09 Å². The third-order valence-electron chi connectivity index (χ3n) is 1.44. The number of rotatable bonds is 4. The van der Waals surface area contributed by atoms with E-state index in [4.69, 9.17) is 17.3 Å². The van der Waals surface area contributed by atoms with Crippen molar-refractivity contribution in [3.05, 3.63) is 3.95 Å². The van der Waals surface area contributed by atoms with Gasteiger partial charge in [0.25, 0.3) is 0 Å². The second-order valence-electron chi connectivity index (χ2n) is 2.70. The summed E-state index contributed by atoms with van der Waals surface area (Å²) in [5.74, 6) is 0.833. The Labute approximate surface area is 98.7 Å². The zero-order chi connectivity index (χ0) is 10.8. The topological polar surface area (TPSA) is 54.7 Å². The number of anilines is 1. The van der Waals surface area contributed by atoms with E-state index in [1.165, 1.54) is 37.0 Å². The third kappa shape index (κ3) is 8.47. The van der Waals surface area contributed by atoms with Crippen LogP contribution in [0.15, 0.2) is 0 Å². The van der Waals surface area contributed by atoms with Gasteiger partial charge in [-0.1, -0.05) is 37.5 Å². The van der Waals surface area contributed by atoms with Crippen molar-refractivity contribution in [2.24, 2.45) is 0 Å². The number of aromatic nitrogens is 2. The van der Waals surface area contributed by atoms with Crippen LogP contribution in [-0.2, 0) is 0 Å². The Morgan fingerprint density at radius 1 is 1.50 bits per heavy atom. The molecular weight excluding hydrogens is 238 g/mol. The predicted octanol–water partition coefficient (Wildman–Crippen LogP) is 3.59. The van der Waals surface area contributed by atoms with E-state index in [9.17, 15) is 0 Å². The van der Waals surface area contributed by atoms with Crippen LogP contribution in [0.4, 0.5) is 5.13 Å². The highest BCUT2D eigenvalue weighted by Crippen LogP contribution is 2.03. The number of nitrogen functional groups attached to an aromatic ring is 1. The minimum atomic E-state index is 0.491. The number of unbranched alkanes of at least 4 members (excludes halogenated alkanes) is 3. The number of alkyl halides is 1. The van der Waals surface area contributed by atoms with Crippen molar-refractivity contribution < 1.29 is 0 Å². The lowest BCUT2D eigenvalue weighted by molar-refractivity contribution is 0.705. The Balaban J connectivity index is 0.000000241. The van der Waals surface area contributed by atoms with E-state index in [-0.39, 0.29) is 0 Å². The Kier molecular flexibility index (Phi) is 9.34. The zero-order valence-electron chi connectivity index (χ0n) is 8.25. The molecule has 3 nitrogen and oxygen atoms in total. The first kappa shape index (κ1) is 13.9. The van der Waals surface area contributed by atoms with Gasteiger partial charge in [0.1, 0.15) is 0 Å². The molecule has 0 radical (unpaired) electrons. The van der Waals surface area contributed by atoms with Gasteiger partial charge < -0.3 is 5.73 Å². The Morgan fingerprint density at radius 2 is 2.21 bits per heavy atom. The normalized spacial score (nSPS) is 9.29. The Hall–Kier alpha value is -0.130. The van der Waals surface area contributed by atoms with E-state index in [2.05, 4.69) is 29.3 Å². The smallest absolute Gasteiger partial charge is 0.201 e. The fourth-order valence-corrected chi connectivity index (χ4v) is 1.63. The number of nitrogens with zero attached hydrogens (tertiary/aromatic N) is 1. The van der Waals surface area contributed by atoms with Gasteiger partial charge in [-0.25, -0.2) is 0 Å². The standard InChI is InChI=1S/C6H13Cl.C2H3N3S2/c1-2-3-4-5-6-7;3-1-4-5-2(6)7-1/h2-6H2,1H3;(H2,3,4)(H,5,6). The molecule has 0 saturated carbocycles. The minimum Gasteiger partial charge on any atom is -0.374 e. The molecule has 1 rings (SSSR count). The summed E-state index contributed by atoms with van der Waals surface area (Å²) in [6.45, 7) is 2.20. The van der Waals surface area contributed by atoms with Crippen molar-refractivity contribution in [1.29, 1.82) is 0 Å². The maximum atomic E-state index is 5.44. The number of hydrogen-bond donors (Lipinski definition) is 2. The summed E-state index contributed by atoms with van der Waals surface area (Å²) in [4.78, 5) is 0. The minimum absolute atomic E-state index is 0.491. The van der Waals surface area contributed by atoms with Gasteiger partial charge in [-0.3, -0.25) is 5.10 Å². The van der Waals surface area contributed by atoms with Gasteiger partial charge in [-0.05, 0) is 18.6 Å². The van der Waals surface area contributed by atoms with Crippen LogP contribution in [-0.4, -0.2) is 16.1 Å². The highest BCUT2D eigenvalue weighted by molar-refractivity contribution is 7.73. The van der Waals surface area contributed by atoms with Crippen LogP contribution in [0.25, 0.3) is 0 Å². The van der Waals surface area contributed by atoms with E-state index in [0.717, 1.165) is 5.88 Å². The quantitative estimate of drug-likeness (QED) is 0.490. The molecule has 3 N–H and O–H groups in total. The van der Waals surface area contributed by atoms with Gasteiger partial charge in [0.2, 0.25) is 5.13 Å². The van der Waals surface area contributed by atoms with Crippen molar-refractivity contribution in [2.75, 3.05) is 11.6 Å². The van der Waals surface area contributed by atoms with Crippen LogP contribution in [0, 0.1) is 3.95 Å². The SMILES string of the molecule is CCCCCCCl.Nc1n[nH]c(=S)s1. The van der Waals surface area contributed by atoms with Crippen molar-refractivity contribution in [3.8, 4) is 0 Å². The lowest BCUT2D eigenvalue weighted by atomic mass is 10.2. The van der Waals surface area contributed by atoms with Gasteiger partial charge >= 0.3 is 0 Å². The van der Waals surface area contributed by atoms with Gasteiger partial charge in [0.15, 0.2) is 3.95 Å². The van der Waals surface area contributed by atoms with Gasteiger partial charge in [-0.15, -0.1) is 16.7 Å². The summed E-state index contributed by atoms with van der Waals surface area (Å²) in [5, 5.41) is 6.60. The van der Waals surface area contributed by atoms with E-state index in [1.54, 1.807) is 0 Å². The summed E-state index contributed by atoms with van der Waals surface area (Å²) in [6.07, 6.45) is 5.14. The molecule has 0 fully saturated rings. The second kappa shape index (κ2) is 9.43. The molecule has 0 aliphatic heterocycles. The van der Waals surface area contributed by atoms with Crippen LogP contribution in [0.2, 0.25) is 0 Å². The molecule has 1 aromatic heterocycles. The first-order chi connectivity index (χ1) is 6.70. The molecule has 0 aliphatic carbocycles. The lowest BCUT2D eigenvalue weighted by Crippen LogP contribution is -1.79. The largest absolute Gasteiger partial charge is 0.374 e. The average molecular weight is 254 g/mol. The molecule has 6 heteroatoms. The third-order valence-corrected chi connectivity index (χ3v) is 2.63. The first-order valence-corrected chi connectivity index (χ1v) is 6.33. The number of hydrogen-bond acceptors (Lipinski definition) is 4. The molecule has 1 heterocycles. The molecule has 14 heavy (non-hydrogen) atoms. The van der Waals surface area contributed by atoms with Gasteiger partial charge in [0.05, 0.1) is 0 Å². The fourth-order valence-electron chi connectivity index (χ4n) is 0.763. The lowest BCUT2D eigenvalue weighted by Gasteiger charge is -1.89. The summed E-state index contributed by atoms with van der Waals surface area (Å²) >= 11 is 11.4. The van der Waals surface area contributed by atoms with E-state index < -0.39 is 0 Å². The van der Waals surface area contributed by atoms with Crippen LogP contribution in [0.5, 0.6) is 0 Å². The first-order valence-electron chi connectivity index (χ1n) is 4.57. The number of H-pyrrole nitrogens is 1. The number of nitrogens with one attached hydrogen (secondary N) is 1. The number of aromatic amines is 1. The van der Waals surface area contributed by atoms with Gasteiger partial charge in [0, 0.05) is 5.88 Å². The molecule has 82 valence electrons. The summed E-state index contributed by atoms with van der Waals surface area (Å²) in [5.41, 5.74) is 5.19. The predicted molar refractivity (Wildman–Crippen MR) is 66.6 cm³/mol. The monoisotopic (exact) mass is 253 g/mol. The number of halogens is 1. The van der Waals surface area contributed by atoms with Crippen molar-refractivity contribution in [2.45, 2.75) is 32.6 Å². The van der Waals surface area contributed by atoms with E-state index >= 15 is 0 Å². The molecule has 0 unspecified atom stereocenters. The van der Waals surface area contributed by atoms with Crippen molar-refractivity contribution in [1.82, 2.24) is 10.2 Å². The molecule has 0 atom stereocenters. The highest BCUT2D eigenvalue weighted by atomic mass is 35.5. The summed E-state index contributed by atoms with van der Waals surface area (Å²) in [7, 11) is 0.